The van der Waals surface area contributed by atoms with Crippen LogP contribution in [0.25, 0.3) is 0 Å². The van der Waals surface area contributed by atoms with E-state index in [0.717, 1.165) is 0 Å². The topological polar surface area (TPSA) is 20.3 Å². The van der Waals surface area contributed by atoms with Gasteiger partial charge in [0.25, 0.3) is 0 Å². The van der Waals surface area contributed by atoms with Gasteiger partial charge >= 0.3 is 51.4 Å². The van der Waals surface area contributed by atoms with E-state index in [-0.39, 0.29) is 64.6 Å². The molecule has 0 fully saturated rings. The number of likely N-dealkylation sites (N-methyl/N-ethyl adjacent to an activating group) is 1. The molecule has 0 heterocycles. The normalized spacial score (nSPS) is 7.56. The second-order valence-corrected chi connectivity index (χ2v) is 1.72. The van der Waals surface area contributed by atoms with E-state index in [1.165, 1.54) is 0 Å². The smallest absolute Gasteiger partial charge is 0.456 e. The van der Waals surface area contributed by atoms with Crippen molar-refractivity contribution in [3.8, 4) is 0 Å². The van der Waals surface area contributed by atoms with Crippen molar-refractivity contribution in [1.82, 2.24) is 4.90 Å². The van der Waals surface area contributed by atoms with Gasteiger partial charge in [-0.1, -0.05) is 0 Å². The van der Waals surface area contributed by atoms with Gasteiger partial charge in [-0.3, -0.25) is 11.8 Å². The van der Waals surface area contributed by atoms with Crippen LogP contribution >= 0.6 is 0 Å². The molecule has 0 aromatic rings. The Labute approximate surface area is 100 Å². The summed E-state index contributed by atoms with van der Waals surface area (Å²) < 4.78 is 0. The van der Waals surface area contributed by atoms with E-state index in [0.29, 0.717) is 6.54 Å². The Morgan fingerprint density at radius 2 is 2.00 bits per heavy atom. The number of carbonyl (C=O) groups is 1. The molecule has 3 heteroatoms. The van der Waals surface area contributed by atoms with Crippen molar-refractivity contribution in [3.05, 3.63) is 14.5 Å². The van der Waals surface area contributed by atoms with E-state index in [1.807, 2.05) is 0 Å². The molecule has 0 spiro atoms. The summed E-state index contributed by atoms with van der Waals surface area (Å²) in [6.07, 6.45) is 0. The number of hydrogen-bond acceptors (Lipinski definition) is 2. The Morgan fingerprint density at radius 1 is 1.67 bits per heavy atom. The van der Waals surface area contributed by atoms with Crippen molar-refractivity contribution >= 4 is 5.78 Å². The van der Waals surface area contributed by atoms with Crippen LogP contribution in [0.5, 0.6) is 0 Å². The fourth-order valence-electron chi connectivity index (χ4n) is 0.380. The summed E-state index contributed by atoms with van der Waals surface area (Å²) in [4.78, 5) is 11.8. The van der Waals surface area contributed by atoms with E-state index in [1.54, 1.807) is 18.9 Å². The second kappa shape index (κ2) is 9.27. The van der Waals surface area contributed by atoms with Crippen LogP contribution in [0.15, 0.2) is 0 Å². The zero-order valence-electron chi connectivity index (χ0n) is 6.77. The summed E-state index contributed by atoms with van der Waals surface area (Å²) in [5.74, 6) is 0.150. The van der Waals surface area contributed by atoms with Crippen molar-refractivity contribution < 1.29 is 56.2 Å². The summed E-state index contributed by atoms with van der Waals surface area (Å²) in [6, 6.07) is 0. The largest absolute Gasteiger partial charge is 1.00 e. The van der Waals surface area contributed by atoms with Gasteiger partial charge in [-0.15, -0.1) is 0 Å². The molecule has 0 aliphatic rings. The van der Waals surface area contributed by atoms with E-state index < -0.39 is 0 Å². The van der Waals surface area contributed by atoms with E-state index in [2.05, 4.69) is 7.05 Å². The minimum atomic E-state index is 0. The van der Waals surface area contributed by atoms with Gasteiger partial charge in [-0.25, -0.2) is 0 Å². The molecule has 50 valence electrons. The standard InChI is InChI=1S/C5H10NO.CH3.K/c1-5(7)4-6(2)3;;/h2,4H2,1,3H3;1H3;/q2*-1;+1. The second-order valence-electron chi connectivity index (χ2n) is 1.72. The zero-order chi connectivity index (χ0) is 5.86. The molecular formula is C6H13KNO-. The maximum Gasteiger partial charge on any atom is 1.00 e. The fourth-order valence-corrected chi connectivity index (χ4v) is 0.380. The maximum atomic E-state index is 10.2. The predicted octanol–water partition coefficient (Wildman–Crippen LogP) is -2.25. The van der Waals surface area contributed by atoms with Crippen molar-refractivity contribution in [3.63, 3.8) is 0 Å². The molecule has 0 atom stereocenters. The van der Waals surface area contributed by atoms with Gasteiger partial charge in [-0.05, 0) is 14.0 Å². The van der Waals surface area contributed by atoms with Crippen molar-refractivity contribution in [2.45, 2.75) is 6.92 Å². The summed E-state index contributed by atoms with van der Waals surface area (Å²) in [7, 11) is 5.26. The molecule has 0 aromatic carbocycles. The third kappa shape index (κ3) is 17.6. The van der Waals surface area contributed by atoms with Crippen LogP contribution < -0.4 is 51.4 Å². The molecular weight excluding hydrogens is 141 g/mol. The van der Waals surface area contributed by atoms with Gasteiger partial charge in [-0.2, -0.15) is 0 Å². The fraction of sp³-hybridized carbons (Fsp3) is 0.500. The molecule has 0 saturated carbocycles. The van der Waals surface area contributed by atoms with Crippen LogP contribution in [0.1, 0.15) is 6.92 Å². The number of rotatable bonds is 2. The number of ketones is 1. The number of hydrogen-bond donors (Lipinski definition) is 0. The van der Waals surface area contributed by atoms with Gasteiger partial charge in [0.2, 0.25) is 0 Å². The van der Waals surface area contributed by atoms with Crippen LogP contribution in [-0.4, -0.2) is 24.3 Å². The van der Waals surface area contributed by atoms with Crippen molar-refractivity contribution in [1.29, 1.82) is 0 Å². The molecule has 0 saturated heterocycles. The molecule has 0 rings (SSSR count). The molecule has 0 aliphatic carbocycles. The Bertz CT molecular complexity index is 73.5. The van der Waals surface area contributed by atoms with Crippen LogP contribution in [0.3, 0.4) is 0 Å². The molecule has 0 bridgehead atoms. The van der Waals surface area contributed by atoms with Crippen LogP contribution in [0, 0.1) is 14.5 Å². The average Bonchev–Trinajstić information content (AvgIpc) is 1.27. The summed E-state index contributed by atoms with van der Waals surface area (Å²) in [5, 5.41) is 0. The predicted molar refractivity (Wildman–Crippen MR) is 35.1 cm³/mol. The molecule has 2 nitrogen and oxygen atoms in total. The minimum Gasteiger partial charge on any atom is -0.456 e. The average molecular weight is 154 g/mol. The first-order valence-electron chi connectivity index (χ1n) is 2.14. The number of nitrogens with zero attached hydrogens (tertiary/aromatic N) is 1. The van der Waals surface area contributed by atoms with Crippen molar-refractivity contribution in [2.24, 2.45) is 0 Å². The number of Topliss-reactive ketones (excluding diaryl/α,β-unsaturated/α-hetero) is 1. The van der Waals surface area contributed by atoms with Crippen LogP contribution in [-0.2, 0) is 4.79 Å². The molecule has 9 heavy (non-hydrogen) atoms. The molecule has 0 aromatic heterocycles. The molecule has 0 aliphatic heterocycles. The third-order valence-electron chi connectivity index (χ3n) is 0.493. The summed E-state index contributed by atoms with van der Waals surface area (Å²) >= 11 is 0. The number of carbonyl (C=O) groups excluding carboxylic acids is 1. The van der Waals surface area contributed by atoms with Gasteiger partial charge in [0.05, 0.1) is 0 Å². The van der Waals surface area contributed by atoms with Crippen molar-refractivity contribution in [2.75, 3.05) is 13.6 Å². The summed E-state index contributed by atoms with van der Waals surface area (Å²) in [5.41, 5.74) is 0. The Kier molecular flexibility index (Phi) is 17.2. The Balaban J connectivity index is -0.000000180. The van der Waals surface area contributed by atoms with Gasteiger partial charge < -0.3 is 12.3 Å². The van der Waals surface area contributed by atoms with Crippen LogP contribution in [0.4, 0.5) is 0 Å². The first-order chi connectivity index (χ1) is 3.13. The third-order valence-corrected chi connectivity index (χ3v) is 0.493. The minimum absolute atomic E-state index is 0. The van der Waals surface area contributed by atoms with Gasteiger partial charge in [0.15, 0.2) is 0 Å². The van der Waals surface area contributed by atoms with E-state index in [4.69, 9.17) is 0 Å². The first kappa shape index (κ1) is 16.7. The van der Waals surface area contributed by atoms with Crippen LogP contribution in [0.2, 0.25) is 0 Å². The van der Waals surface area contributed by atoms with E-state index >= 15 is 0 Å². The first-order valence-corrected chi connectivity index (χ1v) is 2.14. The van der Waals surface area contributed by atoms with Gasteiger partial charge in [0.1, 0.15) is 5.78 Å². The monoisotopic (exact) mass is 154 g/mol. The molecule has 0 amide bonds. The van der Waals surface area contributed by atoms with E-state index in [9.17, 15) is 4.79 Å². The molecule has 0 unspecified atom stereocenters. The Morgan fingerprint density at radius 3 is 2.00 bits per heavy atom. The quantitative estimate of drug-likeness (QED) is 0.331. The maximum absolute atomic E-state index is 10.2. The van der Waals surface area contributed by atoms with Gasteiger partial charge in [0, 0.05) is 6.54 Å². The molecule has 0 N–H and O–H groups in total. The summed E-state index contributed by atoms with van der Waals surface area (Å²) in [6.45, 7) is 1.99. The zero-order valence-corrected chi connectivity index (χ0v) is 9.89. The SMILES string of the molecule is [CH2-]N(C)CC(C)=O.[CH3-].[K+]. The Hall–Kier alpha value is 1.27. The molecule has 0 radical (unpaired) electrons.